The largest absolute Gasteiger partial charge is 0.455 e. The van der Waals surface area contributed by atoms with Gasteiger partial charge in [0.2, 0.25) is 0 Å². The number of halogens is 3. The van der Waals surface area contributed by atoms with Crippen molar-refractivity contribution in [3.8, 4) is 0 Å². The Morgan fingerprint density at radius 2 is 1.86 bits per heavy atom. The van der Waals surface area contributed by atoms with Gasteiger partial charge in [-0.25, -0.2) is 0 Å². The Hall–Kier alpha value is -2.85. The van der Waals surface area contributed by atoms with Crippen molar-refractivity contribution >= 4 is 23.3 Å². The number of nitro benzene ring substituents is 1. The molecule has 1 aliphatic rings. The Bertz CT molecular complexity index is 749. The fourth-order valence-corrected chi connectivity index (χ4v) is 3.05. The predicted octanol–water partition coefficient (Wildman–Crippen LogP) is 3.27. The van der Waals surface area contributed by atoms with Crippen LogP contribution >= 0.6 is 0 Å². The Kier molecular flexibility index (Phi) is 7.80. The zero-order valence-electron chi connectivity index (χ0n) is 15.6. The van der Waals surface area contributed by atoms with Gasteiger partial charge in [0.25, 0.3) is 11.6 Å². The van der Waals surface area contributed by atoms with Crippen LogP contribution < -0.4 is 10.6 Å². The topological polar surface area (TPSA) is 111 Å². The molecule has 1 saturated carbocycles. The monoisotopic (exact) mass is 417 g/mol. The van der Waals surface area contributed by atoms with Gasteiger partial charge in [0.05, 0.1) is 16.4 Å². The van der Waals surface area contributed by atoms with Gasteiger partial charge in [0.1, 0.15) is 5.69 Å². The molecule has 1 aromatic carbocycles. The lowest BCUT2D eigenvalue weighted by Gasteiger charge is -2.19. The first-order valence-corrected chi connectivity index (χ1v) is 9.21. The Morgan fingerprint density at radius 1 is 1.17 bits per heavy atom. The molecule has 0 aromatic heterocycles. The number of benzene rings is 1. The summed E-state index contributed by atoms with van der Waals surface area (Å²) in [6.45, 7) is -0.345. The van der Waals surface area contributed by atoms with Crippen molar-refractivity contribution in [3.05, 3.63) is 33.9 Å². The third kappa shape index (κ3) is 6.91. The molecule has 0 spiro atoms. The number of nitro groups is 1. The van der Waals surface area contributed by atoms with Crippen molar-refractivity contribution in [2.45, 2.75) is 38.3 Å². The van der Waals surface area contributed by atoms with E-state index in [0.717, 1.165) is 44.2 Å². The fraction of sp³-hybridized carbons (Fsp3) is 0.556. The number of nitrogens with zero attached hydrogens (tertiary/aromatic N) is 1. The fourth-order valence-electron chi connectivity index (χ4n) is 3.05. The maximum atomic E-state index is 12.7. The lowest BCUT2D eigenvalue weighted by molar-refractivity contribution is -0.384. The molecule has 0 radical (unpaired) electrons. The molecule has 1 aliphatic carbocycles. The summed E-state index contributed by atoms with van der Waals surface area (Å²) in [5.41, 5.74) is -1.93. The van der Waals surface area contributed by atoms with Crippen molar-refractivity contribution in [3.63, 3.8) is 0 Å². The molecule has 1 fully saturated rings. The molecule has 11 heteroatoms. The van der Waals surface area contributed by atoms with Crippen molar-refractivity contribution in [2.24, 2.45) is 5.92 Å². The molecular weight excluding hydrogens is 395 g/mol. The number of ether oxygens (including phenoxy) is 1. The number of hydrogen-bond acceptors (Lipinski definition) is 6. The van der Waals surface area contributed by atoms with Crippen LogP contribution in [0.4, 0.5) is 24.5 Å². The van der Waals surface area contributed by atoms with Crippen LogP contribution in [0.1, 0.15) is 37.7 Å². The average Bonchev–Trinajstić information content (AvgIpc) is 2.69. The van der Waals surface area contributed by atoms with Crippen LogP contribution in [0.3, 0.4) is 0 Å². The third-order valence-corrected chi connectivity index (χ3v) is 4.57. The van der Waals surface area contributed by atoms with E-state index in [1.165, 1.54) is 0 Å². The second kappa shape index (κ2) is 10.1. The third-order valence-electron chi connectivity index (χ3n) is 4.57. The Labute approximate surface area is 164 Å². The number of hydrogen-bond donors (Lipinski definition) is 2. The molecule has 29 heavy (non-hydrogen) atoms. The van der Waals surface area contributed by atoms with Gasteiger partial charge >= 0.3 is 12.1 Å². The molecule has 1 amide bonds. The first-order valence-electron chi connectivity index (χ1n) is 9.21. The molecule has 0 heterocycles. The summed E-state index contributed by atoms with van der Waals surface area (Å²) in [5.74, 6) is -1.09. The van der Waals surface area contributed by atoms with E-state index in [9.17, 15) is 32.9 Å². The second-order valence-electron chi connectivity index (χ2n) is 6.71. The van der Waals surface area contributed by atoms with E-state index in [4.69, 9.17) is 4.74 Å². The SMILES string of the molecule is O=C(COC(=O)C1CCCCC1)NCCNc1ccc(C(F)(F)F)cc1[N+](=O)[O-]. The first-order chi connectivity index (χ1) is 13.7. The summed E-state index contributed by atoms with van der Waals surface area (Å²) in [7, 11) is 0. The van der Waals surface area contributed by atoms with E-state index in [1.807, 2.05) is 0 Å². The van der Waals surface area contributed by atoms with E-state index in [0.29, 0.717) is 6.07 Å². The number of alkyl halides is 3. The maximum Gasteiger partial charge on any atom is 0.416 e. The molecular formula is C18H22F3N3O5. The van der Waals surface area contributed by atoms with Gasteiger partial charge in [0.15, 0.2) is 6.61 Å². The smallest absolute Gasteiger partial charge is 0.416 e. The molecule has 8 nitrogen and oxygen atoms in total. The zero-order chi connectivity index (χ0) is 21.4. The molecule has 0 saturated heterocycles. The highest BCUT2D eigenvalue weighted by Crippen LogP contribution is 2.34. The van der Waals surface area contributed by atoms with Crippen LogP contribution in [0.15, 0.2) is 18.2 Å². The van der Waals surface area contributed by atoms with Crippen LogP contribution in [0.25, 0.3) is 0 Å². The van der Waals surface area contributed by atoms with Crippen LogP contribution in [0.5, 0.6) is 0 Å². The minimum Gasteiger partial charge on any atom is -0.455 e. The summed E-state index contributed by atoms with van der Waals surface area (Å²) in [4.78, 5) is 33.7. The quantitative estimate of drug-likeness (QED) is 0.291. The van der Waals surface area contributed by atoms with Gasteiger partial charge in [-0.2, -0.15) is 13.2 Å². The second-order valence-corrected chi connectivity index (χ2v) is 6.71. The van der Waals surface area contributed by atoms with Crippen molar-refractivity contribution < 1.29 is 32.4 Å². The Morgan fingerprint density at radius 3 is 2.48 bits per heavy atom. The van der Waals surface area contributed by atoms with Gasteiger partial charge in [-0.3, -0.25) is 19.7 Å². The normalized spacial score (nSPS) is 14.9. The van der Waals surface area contributed by atoms with Gasteiger partial charge in [0, 0.05) is 19.2 Å². The predicted molar refractivity (Wildman–Crippen MR) is 97.1 cm³/mol. The van der Waals surface area contributed by atoms with Gasteiger partial charge in [-0.05, 0) is 25.0 Å². The molecule has 2 rings (SSSR count). The van der Waals surface area contributed by atoms with Crippen molar-refractivity contribution in [1.29, 1.82) is 0 Å². The van der Waals surface area contributed by atoms with E-state index in [1.54, 1.807) is 0 Å². The molecule has 0 atom stereocenters. The number of carbonyl (C=O) groups is 2. The molecule has 160 valence electrons. The molecule has 0 unspecified atom stereocenters. The Balaban J connectivity index is 1.76. The number of rotatable bonds is 8. The highest BCUT2D eigenvalue weighted by molar-refractivity contribution is 5.81. The summed E-state index contributed by atoms with van der Waals surface area (Å²) in [6, 6.07) is 2.15. The van der Waals surface area contributed by atoms with Crippen LogP contribution in [0.2, 0.25) is 0 Å². The summed E-state index contributed by atoms with van der Waals surface area (Å²) in [6.07, 6.45) is -0.144. The van der Waals surface area contributed by atoms with E-state index < -0.39 is 40.8 Å². The number of carbonyl (C=O) groups excluding carboxylic acids is 2. The molecule has 1 aromatic rings. The highest BCUT2D eigenvalue weighted by Gasteiger charge is 2.33. The maximum absolute atomic E-state index is 12.7. The lowest BCUT2D eigenvalue weighted by Crippen LogP contribution is -2.33. The van der Waals surface area contributed by atoms with E-state index >= 15 is 0 Å². The summed E-state index contributed by atoms with van der Waals surface area (Å²) >= 11 is 0. The molecule has 0 bridgehead atoms. The van der Waals surface area contributed by atoms with Crippen LogP contribution in [0, 0.1) is 16.0 Å². The highest BCUT2D eigenvalue weighted by atomic mass is 19.4. The minimum absolute atomic E-state index is 0.0362. The number of esters is 1. The summed E-state index contributed by atoms with van der Waals surface area (Å²) in [5, 5.41) is 16.1. The number of nitrogens with one attached hydrogen (secondary N) is 2. The van der Waals surface area contributed by atoms with Crippen LogP contribution in [-0.2, 0) is 20.5 Å². The van der Waals surface area contributed by atoms with Crippen molar-refractivity contribution in [2.75, 3.05) is 25.0 Å². The van der Waals surface area contributed by atoms with E-state index in [-0.39, 0.29) is 24.7 Å². The number of anilines is 1. The van der Waals surface area contributed by atoms with Crippen molar-refractivity contribution in [1.82, 2.24) is 5.32 Å². The lowest BCUT2D eigenvalue weighted by atomic mass is 9.89. The average molecular weight is 417 g/mol. The number of amides is 1. The van der Waals surface area contributed by atoms with Gasteiger partial charge in [-0.15, -0.1) is 0 Å². The van der Waals surface area contributed by atoms with Gasteiger partial charge in [-0.1, -0.05) is 19.3 Å². The molecule has 2 N–H and O–H groups in total. The summed E-state index contributed by atoms with van der Waals surface area (Å²) < 4.78 is 43.0. The van der Waals surface area contributed by atoms with Crippen LogP contribution in [-0.4, -0.2) is 36.5 Å². The first kappa shape index (κ1) is 22.4. The minimum atomic E-state index is -4.69. The van der Waals surface area contributed by atoms with Gasteiger partial charge < -0.3 is 15.4 Å². The standard InChI is InChI=1S/C18H22F3N3O5/c19-18(20,21)13-6-7-14(15(10-13)24(27)28)22-8-9-23-16(25)11-29-17(26)12-4-2-1-3-5-12/h6-7,10,12,22H,1-5,8-9,11H2,(H,23,25). The zero-order valence-corrected chi connectivity index (χ0v) is 15.6. The van der Waals surface area contributed by atoms with E-state index in [2.05, 4.69) is 10.6 Å². The molecule has 0 aliphatic heterocycles.